The molecular formula is C7H13BF4N2O. The van der Waals surface area contributed by atoms with Crippen LogP contribution >= 0.6 is 0 Å². The highest BCUT2D eigenvalue weighted by molar-refractivity contribution is 6.50. The van der Waals surface area contributed by atoms with Gasteiger partial charge in [-0.15, -0.1) is 0 Å². The number of halogens is 4. The minimum atomic E-state index is -6.00. The molecule has 0 saturated heterocycles. The summed E-state index contributed by atoms with van der Waals surface area (Å²) in [6.45, 7) is 2.10. The maximum absolute atomic E-state index is 9.75. The lowest BCUT2D eigenvalue weighted by molar-refractivity contribution is -0.682. The molecule has 8 heteroatoms. The van der Waals surface area contributed by atoms with E-state index in [0.29, 0.717) is 0 Å². The zero-order valence-electron chi connectivity index (χ0n) is 8.73. The molecule has 0 spiro atoms. The molecule has 0 aliphatic carbocycles. The molecule has 0 saturated carbocycles. The van der Waals surface area contributed by atoms with Crippen LogP contribution in [-0.2, 0) is 13.5 Å². The molecule has 1 aromatic rings. The van der Waals surface area contributed by atoms with E-state index in [1.165, 1.54) is 5.82 Å². The Bertz CT molecular complexity index is 272. The maximum atomic E-state index is 9.75. The Morgan fingerprint density at radius 2 is 1.87 bits per heavy atom. The highest BCUT2D eigenvalue weighted by atomic mass is 19.5. The Hall–Kier alpha value is -1.21. The van der Waals surface area contributed by atoms with Gasteiger partial charge in [0.2, 0.25) is 0 Å². The average molecular weight is 228 g/mol. The van der Waals surface area contributed by atoms with Crippen molar-refractivity contribution in [2.75, 3.05) is 7.11 Å². The van der Waals surface area contributed by atoms with Gasteiger partial charge in [0.1, 0.15) is 0 Å². The predicted octanol–water partition coefficient (Wildman–Crippen LogP) is 1.71. The van der Waals surface area contributed by atoms with E-state index in [-0.39, 0.29) is 0 Å². The van der Waals surface area contributed by atoms with Crippen LogP contribution in [0, 0.1) is 0 Å². The van der Waals surface area contributed by atoms with Gasteiger partial charge in [-0.3, -0.25) is 0 Å². The van der Waals surface area contributed by atoms with Gasteiger partial charge in [0, 0.05) is 6.42 Å². The lowest BCUT2D eigenvalue weighted by atomic mass is 10.3. The van der Waals surface area contributed by atoms with Crippen molar-refractivity contribution in [1.82, 2.24) is 4.98 Å². The van der Waals surface area contributed by atoms with E-state index in [4.69, 9.17) is 4.74 Å². The molecule has 3 nitrogen and oxygen atoms in total. The normalized spacial score (nSPS) is 10.6. The lowest BCUT2D eigenvalue weighted by Crippen LogP contribution is -2.32. The number of hydrogen-bond donors (Lipinski definition) is 1. The van der Waals surface area contributed by atoms with Gasteiger partial charge in [-0.2, -0.15) is 0 Å². The van der Waals surface area contributed by atoms with Gasteiger partial charge >= 0.3 is 13.1 Å². The van der Waals surface area contributed by atoms with E-state index in [1.54, 1.807) is 7.11 Å². The van der Waals surface area contributed by atoms with Gasteiger partial charge < -0.3 is 22.0 Å². The van der Waals surface area contributed by atoms with Crippen molar-refractivity contribution in [3.63, 3.8) is 0 Å². The average Bonchev–Trinajstić information content (AvgIpc) is 2.43. The second-order valence-electron chi connectivity index (χ2n) is 2.69. The molecule has 0 aromatic carbocycles. The summed E-state index contributed by atoms with van der Waals surface area (Å²) in [5.41, 5.74) is 0. The number of methoxy groups -OCH3 is 1. The van der Waals surface area contributed by atoms with Crippen molar-refractivity contribution in [2.45, 2.75) is 13.3 Å². The Labute approximate surface area is 85.2 Å². The number of aromatic nitrogens is 2. The summed E-state index contributed by atoms with van der Waals surface area (Å²) < 4.78 is 46.1. The second kappa shape index (κ2) is 5.62. The van der Waals surface area contributed by atoms with Crippen molar-refractivity contribution in [3.05, 3.63) is 12.0 Å². The van der Waals surface area contributed by atoms with Gasteiger partial charge in [-0.05, 0) is 0 Å². The monoisotopic (exact) mass is 228 g/mol. The molecule has 0 fully saturated rings. The molecule has 1 aromatic heterocycles. The fourth-order valence-electron chi connectivity index (χ4n) is 1.01. The smallest absolute Gasteiger partial charge is 0.463 e. The number of aryl methyl sites for hydroxylation is 1. The van der Waals surface area contributed by atoms with Crippen LogP contribution in [0.1, 0.15) is 12.7 Å². The molecule has 0 bridgehead atoms. The number of nitrogens with zero attached hydrogens (tertiary/aromatic N) is 1. The fraction of sp³-hybridized carbons (Fsp3) is 0.571. The molecule has 0 atom stereocenters. The largest absolute Gasteiger partial charge is 0.673 e. The molecule has 0 radical (unpaired) electrons. The number of ether oxygens (including phenoxy) is 1. The first-order valence-electron chi connectivity index (χ1n) is 4.27. The third-order valence-electron chi connectivity index (χ3n) is 1.64. The van der Waals surface area contributed by atoms with Gasteiger partial charge in [0.25, 0.3) is 5.82 Å². The second-order valence-corrected chi connectivity index (χ2v) is 2.69. The topological polar surface area (TPSA) is 28.9 Å². The van der Waals surface area contributed by atoms with Crippen molar-refractivity contribution in [2.24, 2.45) is 7.05 Å². The third-order valence-corrected chi connectivity index (χ3v) is 1.64. The molecule has 1 N–H and O–H groups in total. The summed E-state index contributed by atoms with van der Waals surface area (Å²) in [7, 11) is -2.35. The van der Waals surface area contributed by atoms with Gasteiger partial charge in [-0.25, -0.2) is 9.55 Å². The van der Waals surface area contributed by atoms with Crippen LogP contribution in [0.3, 0.4) is 0 Å². The number of imidazole rings is 1. The zero-order valence-corrected chi connectivity index (χ0v) is 8.73. The summed E-state index contributed by atoms with van der Waals surface area (Å²) in [5, 5.41) is 0. The summed E-state index contributed by atoms with van der Waals surface area (Å²) in [4.78, 5) is 3.11. The van der Waals surface area contributed by atoms with Crippen LogP contribution in [0.2, 0.25) is 0 Å². The van der Waals surface area contributed by atoms with Crippen LogP contribution in [0.25, 0.3) is 0 Å². The van der Waals surface area contributed by atoms with Crippen LogP contribution in [0.5, 0.6) is 5.88 Å². The minimum Gasteiger partial charge on any atom is -0.463 e. The SMILES string of the molecule is CCc1[nH]cc(OC)[n+]1C.F[B-](F)(F)F. The Balaban J connectivity index is 0.000000336. The Morgan fingerprint density at radius 1 is 1.40 bits per heavy atom. The van der Waals surface area contributed by atoms with Crippen molar-refractivity contribution in [1.29, 1.82) is 0 Å². The maximum Gasteiger partial charge on any atom is 0.673 e. The van der Waals surface area contributed by atoms with E-state index in [1.807, 2.05) is 17.8 Å². The highest BCUT2D eigenvalue weighted by Crippen LogP contribution is 2.06. The predicted molar refractivity (Wildman–Crippen MR) is 48.1 cm³/mol. The number of aromatic amines is 1. The zero-order chi connectivity index (χ0) is 12.1. The van der Waals surface area contributed by atoms with Crippen molar-refractivity contribution < 1.29 is 26.6 Å². The number of H-pyrrole nitrogens is 1. The first-order chi connectivity index (χ1) is 6.79. The summed E-state index contributed by atoms with van der Waals surface area (Å²) in [6, 6.07) is 0. The summed E-state index contributed by atoms with van der Waals surface area (Å²) in [6.07, 6.45) is 2.86. The highest BCUT2D eigenvalue weighted by Gasteiger charge is 2.20. The Morgan fingerprint density at radius 3 is 2.07 bits per heavy atom. The molecule has 1 heterocycles. The number of nitrogens with one attached hydrogen (secondary N) is 1. The Kier molecular flexibility index (Phi) is 5.17. The summed E-state index contributed by atoms with van der Waals surface area (Å²) >= 11 is 0. The van der Waals surface area contributed by atoms with Crippen molar-refractivity contribution >= 4 is 7.25 Å². The first-order valence-corrected chi connectivity index (χ1v) is 4.27. The van der Waals surface area contributed by atoms with Gasteiger partial charge in [0.15, 0.2) is 6.20 Å². The molecule has 0 unspecified atom stereocenters. The minimum absolute atomic E-state index is 0.872. The molecule has 0 aliphatic heterocycles. The lowest BCUT2D eigenvalue weighted by Gasteiger charge is -1.94. The van der Waals surface area contributed by atoms with Gasteiger partial charge in [0.05, 0.1) is 14.2 Å². The fourth-order valence-corrected chi connectivity index (χ4v) is 1.01. The van der Waals surface area contributed by atoms with Crippen LogP contribution in [0.4, 0.5) is 17.3 Å². The molecular weight excluding hydrogens is 215 g/mol. The molecule has 88 valence electrons. The number of hydrogen-bond acceptors (Lipinski definition) is 1. The van der Waals surface area contributed by atoms with Gasteiger partial charge in [-0.1, -0.05) is 6.92 Å². The van der Waals surface area contributed by atoms with Crippen molar-refractivity contribution in [3.8, 4) is 5.88 Å². The van der Waals surface area contributed by atoms with Crippen LogP contribution < -0.4 is 9.30 Å². The first kappa shape index (κ1) is 13.8. The van der Waals surface area contributed by atoms with E-state index in [0.717, 1.165) is 12.3 Å². The van der Waals surface area contributed by atoms with E-state index < -0.39 is 7.25 Å². The van der Waals surface area contributed by atoms with E-state index >= 15 is 0 Å². The number of rotatable bonds is 2. The quantitative estimate of drug-likeness (QED) is 0.466. The molecule has 1 rings (SSSR count). The van der Waals surface area contributed by atoms with E-state index in [2.05, 4.69) is 11.9 Å². The third kappa shape index (κ3) is 5.98. The van der Waals surface area contributed by atoms with Crippen LogP contribution in [-0.4, -0.2) is 19.3 Å². The standard InChI is InChI=1S/C7H12N2O.BF4/c1-4-6-8-5-7(10-3)9(6)2;2-1(3,4)5/h5H,4H2,1-3H3;/q;-1/p+1. The molecule has 0 aliphatic rings. The van der Waals surface area contributed by atoms with E-state index in [9.17, 15) is 17.3 Å². The van der Waals surface area contributed by atoms with Crippen LogP contribution in [0.15, 0.2) is 6.20 Å². The summed E-state index contributed by atoms with van der Waals surface area (Å²) in [5.74, 6) is 2.05. The molecule has 15 heavy (non-hydrogen) atoms. The molecule has 0 amide bonds.